The number of allylic oxidation sites excluding steroid dienone is 1. The van der Waals surface area contributed by atoms with Crippen LogP contribution >= 0.6 is 0 Å². The minimum Gasteiger partial charge on any atom is -0.399 e. The van der Waals surface area contributed by atoms with E-state index in [0.29, 0.717) is 0 Å². The molecular formula is C6H15N3. The van der Waals surface area contributed by atoms with Gasteiger partial charge in [0.1, 0.15) is 5.82 Å². The molecule has 0 atom stereocenters. The molecule has 0 heterocycles. The molecule has 0 aromatic heterocycles. The van der Waals surface area contributed by atoms with Crippen LogP contribution in [-0.4, -0.2) is 26.0 Å². The summed E-state index contributed by atoms with van der Waals surface area (Å²) in [6.07, 6.45) is 0. The standard InChI is InChI=1S/C6H15N3/c1-5(7)6(8-2)9(3)4/h8H,7H2,1-4H3. The minimum absolute atomic E-state index is 0.808. The number of nitrogens with two attached hydrogens (primary N) is 1. The van der Waals surface area contributed by atoms with Crippen molar-refractivity contribution < 1.29 is 0 Å². The molecule has 0 aliphatic heterocycles. The summed E-state index contributed by atoms with van der Waals surface area (Å²) in [5.74, 6) is 0.968. The van der Waals surface area contributed by atoms with Crippen LogP contribution in [0.3, 0.4) is 0 Å². The topological polar surface area (TPSA) is 41.3 Å². The Balaban J connectivity index is 4.16. The molecule has 54 valence electrons. The van der Waals surface area contributed by atoms with Gasteiger partial charge in [-0.25, -0.2) is 0 Å². The van der Waals surface area contributed by atoms with E-state index >= 15 is 0 Å². The Labute approximate surface area is 56.5 Å². The fourth-order valence-electron chi connectivity index (χ4n) is 0.773. The fraction of sp³-hybridized carbons (Fsp3) is 0.667. The van der Waals surface area contributed by atoms with E-state index in [0.717, 1.165) is 11.5 Å². The van der Waals surface area contributed by atoms with E-state index in [9.17, 15) is 0 Å². The first-order valence-electron chi connectivity index (χ1n) is 2.91. The molecule has 0 fully saturated rings. The minimum atomic E-state index is 0.808. The molecule has 3 nitrogen and oxygen atoms in total. The molecule has 0 saturated heterocycles. The maximum atomic E-state index is 5.52. The Morgan fingerprint density at radius 2 is 1.89 bits per heavy atom. The first kappa shape index (κ1) is 8.14. The third kappa shape index (κ3) is 2.26. The van der Waals surface area contributed by atoms with Crippen molar-refractivity contribution in [2.24, 2.45) is 5.73 Å². The Bertz CT molecular complexity index is 111. The zero-order chi connectivity index (χ0) is 7.44. The number of nitrogens with zero attached hydrogens (tertiary/aromatic N) is 1. The monoisotopic (exact) mass is 129 g/mol. The second-order valence-corrected chi connectivity index (χ2v) is 2.18. The largest absolute Gasteiger partial charge is 0.399 e. The quantitative estimate of drug-likeness (QED) is 0.547. The first-order chi connectivity index (χ1) is 4.09. The summed E-state index contributed by atoms with van der Waals surface area (Å²) in [4.78, 5) is 1.94. The van der Waals surface area contributed by atoms with Crippen molar-refractivity contribution in [1.82, 2.24) is 10.2 Å². The molecule has 0 spiro atoms. The van der Waals surface area contributed by atoms with Gasteiger partial charge in [0, 0.05) is 26.8 Å². The smallest absolute Gasteiger partial charge is 0.120 e. The lowest BCUT2D eigenvalue weighted by molar-refractivity contribution is 0.467. The van der Waals surface area contributed by atoms with E-state index in [-0.39, 0.29) is 0 Å². The highest BCUT2D eigenvalue weighted by atomic mass is 15.2. The molecule has 0 aromatic rings. The molecule has 0 aliphatic rings. The van der Waals surface area contributed by atoms with Crippen molar-refractivity contribution in [2.45, 2.75) is 6.92 Å². The summed E-state index contributed by atoms with van der Waals surface area (Å²) in [5, 5.41) is 2.98. The van der Waals surface area contributed by atoms with Gasteiger partial charge in [-0.05, 0) is 6.92 Å². The van der Waals surface area contributed by atoms with Gasteiger partial charge in [0.25, 0.3) is 0 Å². The summed E-state index contributed by atoms with van der Waals surface area (Å²) < 4.78 is 0. The highest BCUT2D eigenvalue weighted by molar-refractivity contribution is 5.03. The number of rotatable bonds is 2. The van der Waals surface area contributed by atoms with E-state index < -0.39 is 0 Å². The lowest BCUT2D eigenvalue weighted by Gasteiger charge is -2.17. The second-order valence-electron chi connectivity index (χ2n) is 2.18. The Hall–Kier alpha value is -0.860. The van der Waals surface area contributed by atoms with Gasteiger partial charge >= 0.3 is 0 Å². The molecule has 0 radical (unpaired) electrons. The van der Waals surface area contributed by atoms with Crippen LogP contribution in [0.15, 0.2) is 11.5 Å². The molecule has 0 amide bonds. The molecule has 3 heteroatoms. The van der Waals surface area contributed by atoms with Crippen LogP contribution in [-0.2, 0) is 0 Å². The average molecular weight is 129 g/mol. The maximum absolute atomic E-state index is 5.52. The van der Waals surface area contributed by atoms with Gasteiger partial charge in [-0.3, -0.25) is 0 Å². The molecule has 0 bridgehead atoms. The second kappa shape index (κ2) is 3.22. The van der Waals surface area contributed by atoms with Gasteiger partial charge in [-0.1, -0.05) is 0 Å². The summed E-state index contributed by atoms with van der Waals surface area (Å²) >= 11 is 0. The molecule has 0 rings (SSSR count). The highest BCUT2D eigenvalue weighted by Gasteiger charge is 1.96. The zero-order valence-electron chi connectivity index (χ0n) is 6.52. The normalized spacial score (nSPS) is 12.4. The van der Waals surface area contributed by atoms with E-state index in [2.05, 4.69) is 5.32 Å². The van der Waals surface area contributed by atoms with Gasteiger partial charge in [0.05, 0.1) is 0 Å². The van der Waals surface area contributed by atoms with Crippen molar-refractivity contribution in [3.05, 3.63) is 11.5 Å². The van der Waals surface area contributed by atoms with Crippen LogP contribution in [0.5, 0.6) is 0 Å². The van der Waals surface area contributed by atoms with Crippen LogP contribution in [0.25, 0.3) is 0 Å². The van der Waals surface area contributed by atoms with Crippen molar-refractivity contribution in [2.75, 3.05) is 21.1 Å². The molecule has 3 N–H and O–H groups in total. The SMILES string of the molecule is CNC(=C(C)N)N(C)C. The highest BCUT2D eigenvalue weighted by Crippen LogP contribution is 1.94. The summed E-state index contributed by atoms with van der Waals surface area (Å²) in [6.45, 7) is 1.87. The van der Waals surface area contributed by atoms with Crippen molar-refractivity contribution >= 4 is 0 Å². The fourth-order valence-corrected chi connectivity index (χ4v) is 0.773. The van der Waals surface area contributed by atoms with Crippen LogP contribution in [0.4, 0.5) is 0 Å². The van der Waals surface area contributed by atoms with Gasteiger partial charge in [0.2, 0.25) is 0 Å². The Morgan fingerprint density at radius 1 is 1.44 bits per heavy atom. The predicted molar refractivity (Wildman–Crippen MR) is 39.6 cm³/mol. The van der Waals surface area contributed by atoms with Gasteiger partial charge in [0.15, 0.2) is 0 Å². The number of nitrogens with one attached hydrogen (secondary N) is 1. The van der Waals surface area contributed by atoms with Gasteiger partial charge in [-0.15, -0.1) is 0 Å². The van der Waals surface area contributed by atoms with Crippen molar-refractivity contribution in [3.8, 4) is 0 Å². The zero-order valence-corrected chi connectivity index (χ0v) is 6.52. The number of hydrogen-bond donors (Lipinski definition) is 2. The summed E-state index contributed by atoms with van der Waals surface area (Å²) in [6, 6.07) is 0. The molecule has 0 unspecified atom stereocenters. The lowest BCUT2D eigenvalue weighted by Crippen LogP contribution is -2.25. The summed E-state index contributed by atoms with van der Waals surface area (Å²) in [7, 11) is 5.75. The molecular weight excluding hydrogens is 114 g/mol. The molecule has 0 aromatic carbocycles. The maximum Gasteiger partial charge on any atom is 0.120 e. The van der Waals surface area contributed by atoms with Crippen LogP contribution in [0.2, 0.25) is 0 Å². The third-order valence-corrected chi connectivity index (χ3v) is 1.06. The van der Waals surface area contributed by atoms with Crippen LogP contribution in [0, 0.1) is 0 Å². The van der Waals surface area contributed by atoms with E-state index in [1.165, 1.54) is 0 Å². The van der Waals surface area contributed by atoms with Crippen LogP contribution in [0.1, 0.15) is 6.92 Å². The average Bonchev–Trinajstić information content (AvgIpc) is 1.64. The third-order valence-electron chi connectivity index (χ3n) is 1.06. The van der Waals surface area contributed by atoms with Crippen molar-refractivity contribution in [3.63, 3.8) is 0 Å². The molecule has 0 aliphatic carbocycles. The Kier molecular flexibility index (Phi) is 2.91. The number of hydrogen-bond acceptors (Lipinski definition) is 3. The molecule has 0 saturated carbocycles. The van der Waals surface area contributed by atoms with E-state index in [1.807, 2.05) is 33.0 Å². The lowest BCUT2D eigenvalue weighted by atomic mass is 10.5. The van der Waals surface area contributed by atoms with Gasteiger partial charge in [-0.2, -0.15) is 0 Å². The first-order valence-corrected chi connectivity index (χ1v) is 2.91. The van der Waals surface area contributed by atoms with Crippen LogP contribution < -0.4 is 11.1 Å². The van der Waals surface area contributed by atoms with E-state index in [1.54, 1.807) is 0 Å². The summed E-state index contributed by atoms with van der Waals surface area (Å²) in [5.41, 5.74) is 6.33. The predicted octanol–water partition coefficient (Wildman–Crippen LogP) is -0.0849. The van der Waals surface area contributed by atoms with Gasteiger partial charge < -0.3 is 16.0 Å². The Morgan fingerprint density at radius 3 is 1.89 bits per heavy atom. The molecule has 9 heavy (non-hydrogen) atoms. The van der Waals surface area contributed by atoms with Crippen molar-refractivity contribution in [1.29, 1.82) is 0 Å². The van der Waals surface area contributed by atoms with E-state index in [4.69, 9.17) is 5.73 Å².